The Bertz CT molecular complexity index is 1920. The van der Waals surface area contributed by atoms with Gasteiger partial charge in [0.1, 0.15) is 17.2 Å². The zero-order valence-corrected chi connectivity index (χ0v) is 24.5. The van der Waals surface area contributed by atoms with Gasteiger partial charge in [0.25, 0.3) is 5.92 Å². The average Bonchev–Trinajstić information content (AvgIpc) is 3.64. The lowest BCUT2D eigenvalue weighted by atomic mass is 9.93. The Balaban J connectivity index is 1.58. The first-order valence-electron chi connectivity index (χ1n) is 13.2. The number of nitrogens with zero attached hydrogens (tertiary/aromatic N) is 3. The number of fused-ring (bicyclic) bond motifs is 1. The summed E-state index contributed by atoms with van der Waals surface area (Å²) in [7, 11) is 1.53. The van der Waals surface area contributed by atoms with E-state index < -0.39 is 30.3 Å². The fraction of sp³-hybridized carbons (Fsp3) is 0.226. The number of aryl methyl sites for hydroxylation is 2. The second kappa shape index (κ2) is 10.7. The first-order chi connectivity index (χ1) is 20.8. The molecular formula is C31H24F5N3O4S. The highest BCUT2D eigenvalue weighted by molar-refractivity contribution is 7.98. The number of aliphatic hydroxyl groups is 1. The first kappa shape index (κ1) is 29.7. The molecule has 0 saturated carbocycles. The van der Waals surface area contributed by atoms with Crippen LogP contribution in [0.2, 0.25) is 0 Å². The number of hydrogen-bond donors (Lipinski definition) is 1. The summed E-state index contributed by atoms with van der Waals surface area (Å²) in [6, 6.07) is 13.6. The Kier molecular flexibility index (Phi) is 7.20. The molecule has 0 fully saturated rings. The normalized spacial score (nSPS) is 14.0. The van der Waals surface area contributed by atoms with Crippen LogP contribution in [0.25, 0.3) is 45.0 Å². The molecule has 13 heteroatoms. The predicted octanol–water partition coefficient (Wildman–Crippen LogP) is 8.17. The van der Waals surface area contributed by atoms with Crippen molar-refractivity contribution in [3.63, 3.8) is 0 Å². The van der Waals surface area contributed by atoms with Crippen molar-refractivity contribution in [1.29, 1.82) is 0 Å². The molecule has 0 bridgehead atoms. The molecule has 5 aromatic rings. The van der Waals surface area contributed by atoms with Crippen LogP contribution >= 0.6 is 11.8 Å². The summed E-state index contributed by atoms with van der Waals surface area (Å²) in [6.45, 7) is 1.88. The van der Waals surface area contributed by atoms with Gasteiger partial charge in [0.05, 0.1) is 12.3 Å². The maximum atomic E-state index is 15.0. The number of aliphatic hydroxyl groups excluding tert-OH is 1. The Morgan fingerprint density at radius 2 is 1.68 bits per heavy atom. The number of thioether (sulfide) groups is 1. The molecule has 1 aliphatic heterocycles. The molecule has 44 heavy (non-hydrogen) atoms. The van der Waals surface area contributed by atoms with Gasteiger partial charge in [-0.3, -0.25) is 4.68 Å². The fourth-order valence-corrected chi connectivity index (χ4v) is 5.74. The number of halogens is 5. The van der Waals surface area contributed by atoms with E-state index in [4.69, 9.17) is 4.42 Å². The fourth-order valence-electron chi connectivity index (χ4n) is 5.08. The standard InChI is InChI=1S/C31H24F5N3O4S/c1-15-37-28(17-6-8-24-25(11-17)43-31(35,36)42-24)29(41-15)20-9-16(18-10-22(32)21(14-40)26(12-18)44-4)5-7-19(20)23-13-27(30(2,33)34)38-39(23)3/h5-13,40H,14H2,1-4H3. The van der Waals surface area contributed by atoms with Crippen LogP contribution in [0.4, 0.5) is 22.0 Å². The zero-order chi connectivity index (χ0) is 31.6. The quantitative estimate of drug-likeness (QED) is 0.144. The number of alkyl halides is 4. The Hall–Kier alpha value is -4.36. The molecule has 0 aliphatic carbocycles. The summed E-state index contributed by atoms with van der Waals surface area (Å²) in [5, 5.41) is 13.7. The molecule has 7 nitrogen and oxygen atoms in total. The van der Waals surface area contributed by atoms with Gasteiger partial charge >= 0.3 is 6.29 Å². The molecule has 0 unspecified atom stereocenters. The molecule has 0 spiro atoms. The molecule has 1 aliphatic rings. The lowest BCUT2D eigenvalue weighted by molar-refractivity contribution is -0.286. The summed E-state index contributed by atoms with van der Waals surface area (Å²) < 4.78 is 87.5. The Morgan fingerprint density at radius 1 is 0.955 bits per heavy atom. The highest BCUT2D eigenvalue weighted by atomic mass is 32.2. The van der Waals surface area contributed by atoms with Crippen LogP contribution in [0.15, 0.2) is 63.9 Å². The molecule has 1 N–H and O–H groups in total. The summed E-state index contributed by atoms with van der Waals surface area (Å²) in [5.74, 6) is -3.70. The smallest absolute Gasteiger partial charge is 0.440 e. The van der Waals surface area contributed by atoms with E-state index in [1.54, 1.807) is 37.4 Å². The van der Waals surface area contributed by atoms with Crippen molar-refractivity contribution in [2.45, 2.75) is 37.6 Å². The third-order valence-corrected chi connectivity index (χ3v) is 7.95. The predicted molar refractivity (Wildman–Crippen MR) is 153 cm³/mol. The molecule has 0 saturated heterocycles. The Morgan fingerprint density at radius 3 is 2.36 bits per heavy atom. The van der Waals surface area contributed by atoms with Crippen LogP contribution in [-0.4, -0.2) is 32.4 Å². The van der Waals surface area contributed by atoms with Crippen LogP contribution < -0.4 is 9.47 Å². The minimum atomic E-state index is -3.82. The van der Waals surface area contributed by atoms with Gasteiger partial charge in [0.2, 0.25) is 0 Å². The molecule has 228 valence electrons. The molecule has 0 radical (unpaired) electrons. The van der Waals surface area contributed by atoms with E-state index >= 15 is 4.39 Å². The number of benzene rings is 3. The largest absolute Gasteiger partial charge is 0.586 e. The van der Waals surface area contributed by atoms with E-state index in [0.29, 0.717) is 38.4 Å². The van der Waals surface area contributed by atoms with Crippen LogP contribution in [-0.2, 0) is 19.6 Å². The van der Waals surface area contributed by atoms with E-state index in [0.717, 1.165) is 6.92 Å². The molecule has 0 atom stereocenters. The second-order valence-corrected chi connectivity index (χ2v) is 11.1. The second-order valence-electron chi connectivity index (χ2n) is 10.2. The molecule has 6 rings (SSSR count). The number of ether oxygens (including phenoxy) is 2. The summed E-state index contributed by atoms with van der Waals surface area (Å²) in [5.41, 5.74) is 2.57. The van der Waals surface area contributed by atoms with Gasteiger partial charge in [-0.25, -0.2) is 9.37 Å². The lowest BCUT2D eigenvalue weighted by Gasteiger charge is -2.14. The molecule has 3 aromatic carbocycles. The molecule has 3 heterocycles. The maximum Gasteiger partial charge on any atom is 0.586 e. The number of hydrogen-bond acceptors (Lipinski definition) is 7. The summed E-state index contributed by atoms with van der Waals surface area (Å²) >= 11 is 1.28. The number of oxazole rings is 1. The van der Waals surface area contributed by atoms with Crippen molar-refractivity contribution in [3.8, 4) is 56.5 Å². The van der Waals surface area contributed by atoms with E-state index in [1.807, 2.05) is 0 Å². The molecule has 0 amide bonds. The van der Waals surface area contributed by atoms with Crippen molar-refractivity contribution in [2.24, 2.45) is 7.05 Å². The van der Waals surface area contributed by atoms with Crippen LogP contribution in [0, 0.1) is 12.7 Å². The zero-order valence-electron chi connectivity index (χ0n) is 23.7. The van der Waals surface area contributed by atoms with Gasteiger partial charge < -0.3 is 19.0 Å². The average molecular weight is 630 g/mol. The van der Waals surface area contributed by atoms with Crippen molar-refractivity contribution >= 4 is 11.8 Å². The third-order valence-electron chi connectivity index (χ3n) is 7.14. The van der Waals surface area contributed by atoms with Crippen molar-refractivity contribution in [1.82, 2.24) is 14.8 Å². The van der Waals surface area contributed by atoms with E-state index in [-0.39, 0.29) is 34.4 Å². The first-order valence-corrected chi connectivity index (χ1v) is 14.4. The van der Waals surface area contributed by atoms with Crippen molar-refractivity contribution < 1.29 is 40.9 Å². The van der Waals surface area contributed by atoms with Crippen molar-refractivity contribution in [3.05, 3.63) is 77.6 Å². The van der Waals surface area contributed by atoms with Gasteiger partial charge in [0, 0.05) is 48.0 Å². The van der Waals surface area contributed by atoms with Gasteiger partial charge in [-0.2, -0.15) is 13.9 Å². The van der Waals surface area contributed by atoms with E-state index in [1.165, 1.54) is 53.8 Å². The van der Waals surface area contributed by atoms with Gasteiger partial charge in [-0.05, 0) is 59.8 Å². The number of rotatable bonds is 7. The topological polar surface area (TPSA) is 82.5 Å². The van der Waals surface area contributed by atoms with Gasteiger partial charge in [-0.15, -0.1) is 20.5 Å². The van der Waals surface area contributed by atoms with E-state index in [2.05, 4.69) is 19.6 Å². The minimum Gasteiger partial charge on any atom is -0.440 e. The van der Waals surface area contributed by atoms with Gasteiger partial charge in [-0.1, -0.05) is 12.1 Å². The monoisotopic (exact) mass is 629 g/mol. The highest BCUT2D eigenvalue weighted by Crippen LogP contribution is 2.46. The highest BCUT2D eigenvalue weighted by Gasteiger charge is 2.43. The molecule has 2 aromatic heterocycles. The Labute approximate surface area is 252 Å². The maximum absolute atomic E-state index is 15.0. The lowest BCUT2D eigenvalue weighted by Crippen LogP contribution is -2.25. The minimum absolute atomic E-state index is 0.149. The van der Waals surface area contributed by atoms with Crippen LogP contribution in [0.3, 0.4) is 0 Å². The summed E-state index contributed by atoms with van der Waals surface area (Å²) in [4.78, 5) is 5.05. The molecular weight excluding hydrogens is 605 g/mol. The third kappa shape index (κ3) is 5.30. The van der Waals surface area contributed by atoms with Crippen molar-refractivity contribution in [2.75, 3.05) is 6.26 Å². The van der Waals surface area contributed by atoms with Crippen LogP contribution in [0.1, 0.15) is 24.1 Å². The number of aromatic nitrogens is 3. The van der Waals surface area contributed by atoms with Crippen LogP contribution in [0.5, 0.6) is 11.5 Å². The van der Waals surface area contributed by atoms with Gasteiger partial charge in [0.15, 0.2) is 23.1 Å². The summed E-state index contributed by atoms with van der Waals surface area (Å²) in [6.07, 6.45) is -2.05. The van der Waals surface area contributed by atoms with E-state index in [9.17, 15) is 22.7 Å². The SMILES string of the molecule is CSc1cc(-c2ccc(-c3cc(C(C)(F)F)nn3C)c(-c3oc(C)nc3-c3ccc4c(c3)OC(F)(F)O4)c2)cc(F)c1CO.